The van der Waals surface area contributed by atoms with Crippen LogP contribution in [0.5, 0.6) is 0 Å². The van der Waals surface area contributed by atoms with Gasteiger partial charge in [-0.05, 0) is 0 Å². The summed E-state index contributed by atoms with van der Waals surface area (Å²) in [7, 11) is 0. The second-order valence-electron chi connectivity index (χ2n) is 11.0. The van der Waals surface area contributed by atoms with Gasteiger partial charge in [0.25, 0.3) is 0 Å². The first-order valence-corrected chi connectivity index (χ1v) is 19.0. The van der Waals surface area contributed by atoms with Crippen molar-refractivity contribution >= 4 is 48.0 Å². The molecule has 8 rings (SSSR count). The monoisotopic (exact) mass is 724 g/mol. The van der Waals surface area contributed by atoms with Crippen LogP contribution in [0.15, 0.2) is 143 Å². The zero-order valence-electron chi connectivity index (χ0n) is 23.6. The number of hydrogen-bond donors (Lipinski definition) is 0. The number of allylic oxidation sites excluding steroid dienone is 4. The predicted molar refractivity (Wildman–Crippen MR) is 177 cm³/mol. The molecule has 0 N–H and O–H groups in total. The molecular formula is C39H26Cl4Zr. The minimum atomic E-state index is -2.83. The zero-order valence-corrected chi connectivity index (χ0v) is 29.1. The van der Waals surface area contributed by atoms with Gasteiger partial charge in [-0.25, -0.2) is 0 Å². The van der Waals surface area contributed by atoms with Crippen molar-refractivity contribution in [2.45, 2.75) is 10.0 Å². The van der Waals surface area contributed by atoms with Gasteiger partial charge >= 0.3 is 266 Å². The Morgan fingerprint density at radius 3 is 1.70 bits per heavy atom. The van der Waals surface area contributed by atoms with Crippen LogP contribution in [0.2, 0.25) is 10.0 Å². The molecule has 0 saturated heterocycles. The standard InChI is InChI=1S/C21H13.C13H8Cl2.C5H5.2ClH.Zr/c1-2-8-15-14(7-1)13-20-18-11-4-3-9-16(18)17-10-5-6-12-19(17)21(15)20;14-12-5-1-10(2-6-12)9-11-3-7-13(15)8-4-11;1-2-4-5-3-1;;;/h1-13H;1-8H;1-3H,4H2;2*1H;/q;;;;;+2/p-2. The van der Waals surface area contributed by atoms with Gasteiger partial charge in [0.1, 0.15) is 0 Å². The number of hydrogen-bond acceptors (Lipinski definition) is 0. The van der Waals surface area contributed by atoms with Crippen LogP contribution >= 0.6 is 23.2 Å². The number of halogens is 4. The normalized spacial score (nSPS) is 14.2. The summed E-state index contributed by atoms with van der Waals surface area (Å²) in [5.74, 6) is 0. The van der Waals surface area contributed by atoms with Crippen molar-refractivity contribution in [1.82, 2.24) is 0 Å². The summed E-state index contributed by atoms with van der Waals surface area (Å²) in [6.45, 7) is 0. The Hall–Kier alpha value is -2.77. The van der Waals surface area contributed by atoms with E-state index in [1.54, 1.807) is 3.28 Å². The molecule has 2 aliphatic carbocycles. The molecule has 214 valence electrons. The molecule has 0 amide bonds. The molecular weight excluding hydrogens is 701 g/mol. The quantitative estimate of drug-likeness (QED) is 0.222. The van der Waals surface area contributed by atoms with Crippen molar-refractivity contribution in [1.29, 1.82) is 0 Å². The van der Waals surface area contributed by atoms with Gasteiger partial charge < -0.3 is 24.8 Å². The third-order valence-corrected chi connectivity index (χ3v) is 17.5. The van der Waals surface area contributed by atoms with E-state index in [4.69, 9.17) is 23.2 Å². The summed E-state index contributed by atoms with van der Waals surface area (Å²) in [5, 5.41) is 6.91. The SMILES string of the molecule is Clc1ccc([C](c2ccc(Cl)cc2)=[Zr+2]([C]2=CC=CC2)[CH]2c3ccccc3-c3c2c2ccccc2c2ccccc32)cc1.[Cl-].[Cl-]. The molecule has 0 bridgehead atoms. The van der Waals surface area contributed by atoms with Crippen LogP contribution in [0.3, 0.4) is 0 Å². The fourth-order valence-corrected chi connectivity index (χ4v) is 16.4. The summed E-state index contributed by atoms with van der Waals surface area (Å²) in [6, 6.07) is 44.2. The average Bonchev–Trinajstić information content (AvgIpc) is 3.69. The van der Waals surface area contributed by atoms with Gasteiger partial charge in [-0.1, -0.05) is 0 Å². The fraction of sp³-hybridized carbons (Fsp3) is 0.0513. The van der Waals surface area contributed by atoms with Gasteiger partial charge in [-0.2, -0.15) is 0 Å². The molecule has 44 heavy (non-hydrogen) atoms. The molecule has 1 unspecified atom stereocenters. The average molecular weight is 728 g/mol. The minimum Gasteiger partial charge on any atom is -1.00 e. The largest absolute Gasteiger partial charge is 1.00 e. The van der Waals surface area contributed by atoms with Crippen LogP contribution < -0.4 is 24.8 Å². The summed E-state index contributed by atoms with van der Waals surface area (Å²) in [6.07, 6.45) is 8.03. The third kappa shape index (κ3) is 5.18. The molecule has 0 spiro atoms. The Morgan fingerprint density at radius 2 is 1.11 bits per heavy atom. The number of fused-ring (bicyclic) bond motifs is 8. The van der Waals surface area contributed by atoms with Gasteiger partial charge in [0.2, 0.25) is 0 Å². The van der Waals surface area contributed by atoms with Crippen LogP contribution in [0.25, 0.3) is 32.7 Å². The molecule has 0 aromatic heterocycles. The van der Waals surface area contributed by atoms with Crippen molar-refractivity contribution in [3.8, 4) is 11.1 Å². The van der Waals surface area contributed by atoms with Crippen LogP contribution in [0, 0.1) is 0 Å². The Labute approximate surface area is 288 Å². The minimum absolute atomic E-state index is 0. The van der Waals surface area contributed by atoms with Crippen LogP contribution in [0.4, 0.5) is 0 Å². The molecule has 0 heterocycles. The summed E-state index contributed by atoms with van der Waals surface area (Å²) in [5.41, 5.74) is 8.31. The van der Waals surface area contributed by atoms with Crippen molar-refractivity contribution in [3.05, 3.63) is 175 Å². The van der Waals surface area contributed by atoms with Gasteiger partial charge in [-0.3, -0.25) is 0 Å². The Balaban J connectivity index is 0.00000171. The van der Waals surface area contributed by atoms with E-state index in [1.807, 2.05) is 24.3 Å². The molecule has 0 nitrogen and oxygen atoms in total. The maximum Gasteiger partial charge on any atom is -1.00 e. The van der Waals surface area contributed by atoms with Crippen molar-refractivity contribution in [3.63, 3.8) is 0 Å². The van der Waals surface area contributed by atoms with Crippen LogP contribution in [-0.4, -0.2) is 3.21 Å². The smallest absolute Gasteiger partial charge is 1.00 e. The number of rotatable bonds is 4. The number of benzene rings is 6. The first-order valence-electron chi connectivity index (χ1n) is 14.3. The van der Waals surface area contributed by atoms with Gasteiger partial charge in [0.15, 0.2) is 0 Å². The molecule has 0 saturated carbocycles. The molecule has 1 atom stereocenters. The third-order valence-electron chi connectivity index (χ3n) is 8.74. The van der Waals surface area contributed by atoms with Gasteiger partial charge in [-0.15, -0.1) is 0 Å². The first kappa shape index (κ1) is 31.2. The van der Waals surface area contributed by atoms with E-state index in [1.165, 1.54) is 58.1 Å². The van der Waals surface area contributed by atoms with Gasteiger partial charge in [0, 0.05) is 0 Å². The van der Waals surface area contributed by atoms with Crippen molar-refractivity contribution in [2.75, 3.05) is 0 Å². The van der Waals surface area contributed by atoms with E-state index in [0.29, 0.717) is 3.63 Å². The molecule has 2 aliphatic rings. The van der Waals surface area contributed by atoms with E-state index >= 15 is 0 Å². The molecule has 0 fully saturated rings. The van der Waals surface area contributed by atoms with Gasteiger partial charge in [0.05, 0.1) is 0 Å². The molecule has 5 heteroatoms. The molecule has 6 aromatic rings. The second-order valence-corrected chi connectivity index (χ2v) is 18.2. The Bertz CT molecular complexity index is 2080. The molecule has 6 aromatic carbocycles. The Kier molecular flexibility index (Phi) is 9.17. The van der Waals surface area contributed by atoms with E-state index in [-0.39, 0.29) is 24.8 Å². The molecule has 0 radical (unpaired) electrons. The summed E-state index contributed by atoms with van der Waals surface area (Å²) in [4.78, 5) is 0. The zero-order chi connectivity index (χ0) is 28.2. The van der Waals surface area contributed by atoms with E-state index in [2.05, 4.69) is 115 Å². The maximum atomic E-state index is 6.44. The first-order chi connectivity index (χ1) is 20.7. The van der Waals surface area contributed by atoms with Crippen LogP contribution in [-0.2, 0) is 21.3 Å². The maximum absolute atomic E-state index is 6.44. The van der Waals surface area contributed by atoms with Crippen molar-refractivity contribution < 1.29 is 46.1 Å². The van der Waals surface area contributed by atoms with E-state index in [9.17, 15) is 0 Å². The molecule has 0 aliphatic heterocycles. The Morgan fingerprint density at radius 1 is 0.591 bits per heavy atom. The predicted octanol–water partition coefficient (Wildman–Crippen LogP) is 5.11. The summed E-state index contributed by atoms with van der Waals surface area (Å²) < 4.78 is 3.42. The summed E-state index contributed by atoms with van der Waals surface area (Å²) >= 11 is 10.0. The van der Waals surface area contributed by atoms with Crippen molar-refractivity contribution in [2.24, 2.45) is 0 Å². The fourth-order valence-electron chi connectivity index (χ4n) is 7.04. The second kappa shape index (κ2) is 12.9. The van der Waals surface area contributed by atoms with E-state index in [0.717, 1.165) is 16.5 Å². The van der Waals surface area contributed by atoms with Crippen LogP contribution in [0.1, 0.15) is 32.3 Å². The van der Waals surface area contributed by atoms with E-state index < -0.39 is 21.3 Å². The topological polar surface area (TPSA) is 0 Å².